The lowest BCUT2D eigenvalue weighted by molar-refractivity contribution is 0.328. The quantitative estimate of drug-likeness (QED) is 0.815. The summed E-state index contributed by atoms with van der Waals surface area (Å²) in [4.78, 5) is 4.94. The molecule has 1 atom stereocenters. The number of likely N-dealkylation sites (N-methyl/N-ethyl adjacent to an activating group) is 1. The van der Waals surface area contributed by atoms with E-state index in [-0.39, 0.29) is 0 Å². The molecular formula is C15H25N3. The third-order valence-electron chi connectivity index (χ3n) is 3.98. The fraction of sp³-hybridized carbons (Fsp3) is 0.600. The van der Waals surface area contributed by atoms with Gasteiger partial charge in [0.25, 0.3) is 0 Å². The summed E-state index contributed by atoms with van der Waals surface area (Å²) in [5.74, 6) is 0. The van der Waals surface area contributed by atoms with E-state index in [4.69, 9.17) is 5.73 Å². The van der Waals surface area contributed by atoms with Crippen molar-refractivity contribution >= 4 is 11.4 Å². The molecule has 0 aliphatic carbocycles. The molecule has 1 aromatic rings. The van der Waals surface area contributed by atoms with Crippen LogP contribution in [0.3, 0.4) is 0 Å². The van der Waals surface area contributed by atoms with Gasteiger partial charge in [-0.2, -0.15) is 0 Å². The second-order valence-corrected chi connectivity index (χ2v) is 5.38. The average molecular weight is 247 g/mol. The molecule has 2 rings (SSSR count). The first-order chi connectivity index (χ1) is 8.63. The van der Waals surface area contributed by atoms with Crippen molar-refractivity contribution in [3.05, 3.63) is 23.8 Å². The average Bonchev–Trinajstić information content (AvgIpc) is 2.54. The number of aryl methyl sites for hydroxylation is 1. The summed E-state index contributed by atoms with van der Waals surface area (Å²) in [6.45, 7) is 7.77. The Bertz CT molecular complexity index is 403. The Hall–Kier alpha value is -1.22. The van der Waals surface area contributed by atoms with Gasteiger partial charge in [0.2, 0.25) is 0 Å². The van der Waals surface area contributed by atoms with Crippen molar-refractivity contribution in [3.63, 3.8) is 0 Å². The summed E-state index contributed by atoms with van der Waals surface area (Å²) in [7, 11) is 2.21. The van der Waals surface area contributed by atoms with E-state index in [1.807, 2.05) is 0 Å². The lowest BCUT2D eigenvalue weighted by Crippen LogP contribution is -2.40. The van der Waals surface area contributed by atoms with Crippen LogP contribution in [0.2, 0.25) is 0 Å². The molecular weight excluding hydrogens is 222 g/mol. The molecule has 1 aliphatic heterocycles. The third kappa shape index (κ3) is 2.61. The molecule has 0 radical (unpaired) electrons. The number of benzene rings is 1. The molecule has 0 amide bonds. The lowest BCUT2D eigenvalue weighted by atomic mass is 10.1. The van der Waals surface area contributed by atoms with Crippen molar-refractivity contribution in [1.82, 2.24) is 4.90 Å². The predicted octanol–water partition coefficient (Wildman–Crippen LogP) is 2.50. The molecule has 1 aliphatic rings. The van der Waals surface area contributed by atoms with Crippen molar-refractivity contribution in [2.75, 3.05) is 37.3 Å². The van der Waals surface area contributed by atoms with Crippen LogP contribution in [0.1, 0.15) is 25.3 Å². The number of nitrogens with zero attached hydrogens (tertiary/aromatic N) is 2. The van der Waals surface area contributed by atoms with E-state index in [9.17, 15) is 0 Å². The summed E-state index contributed by atoms with van der Waals surface area (Å²) < 4.78 is 0. The molecule has 2 N–H and O–H groups in total. The van der Waals surface area contributed by atoms with Crippen molar-refractivity contribution in [1.29, 1.82) is 0 Å². The first-order valence-electron chi connectivity index (χ1n) is 6.93. The zero-order valence-electron chi connectivity index (χ0n) is 11.8. The molecule has 0 saturated carbocycles. The molecule has 3 nitrogen and oxygen atoms in total. The summed E-state index contributed by atoms with van der Waals surface area (Å²) in [5, 5.41) is 0. The summed E-state index contributed by atoms with van der Waals surface area (Å²) in [5.41, 5.74) is 9.61. The van der Waals surface area contributed by atoms with Crippen LogP contribution in [0.25, 0.3) is 0 Å². The van der Waals surface area contributed by atoms with Gasteiger partial charge >= 0.3 is 0 Å². The number of para-hydroxylation sites is 1. The molecule has 0 aromatic heterocycles. The first kappa shape index (κ1) is 13.2. The molecule has 1 fully saturated rings. The molecule has 1 saturated heterocycles. The Morgan fingerprint density at radius 1 is 1.33 bits per heavy atom. The largest absolute Gasteiger partial charge is 0.397 e. The Labute approximate surface area is 111 Å². The lowest BCUT2D eigenvalue weighted by Gasteiger charge is -2.33. The summed E-state index contributed by atoms with van der Waals surface area (Å²) >= 11 is 0. The maximum Gasteiger partial charge on any atom is 0.0605 e. The molecule has 18 heavy (non-hydrogen) atoms. The van der Waals surface area contributed by atoms with Gasteiger partial charge in [0.15, 0.2) is 0 Å². The standard InChI is InChI=1S/C15H25N3/c1-4-13-11-17(3)9-6-10-18(13)14-8-5-7-12(2)15(14)16/h5,7-8,13H,4,6,9-11,16H2,1-3H3. The van der Waals surface area contributed by atoms with Gasteiger partial charge in [0, 0.05) is 19.1 Å². The highest BCUT2D eigenvalue weighted by molar-refractivity contribution is 5.71. The van der Waals surface area contributed by atoms with E-state index in [1.54, 1.807) is 0 Å². The van der Waals surface area contributed by atoms with Gasteiger partial charge < -0.3 is 15.5 Å². The molecule has 1 aromatic carbocycles. The topological polar surface area (TPSA) is 32.5 Å². The number of hydrogen-bond donors (Lipinski definition) is 1. The van der Waals surface area contributed by atoms with Crippen LogP contribution in [0.4, 0.5) is 11.4 Å². The van der Waals surface area contributed by atoms with Crippen molar-refractivity contribution in [3.8, 4) is 0 Å². The molecule has 0 spiro atoms. The number of hydrogen-bond acceptors (Lipinski definition) is 3. The van der Waals surface area contributed by atoms with E-state index in [1.165, 1.54) is 24.2 Å². The van der Waals surface area contributed by atoms with Crippen molar-refractivity contribution < 1.29 is 0 Å². The SMILES string of the molecule is CCC1CN(C)CCCN1c1cccc(C)c1N. The van der Waals surface area contributed by atoms with Crippen LogP contribution in [-0.4, -0.2) is 37.6 Å². The number of nitrogens with two attached hydrogens (primary N) is 1. The van der Waals surface area contributed by atoms with Crippen LogP contribution in [-0.2, 0) is 0 Å². The van der Waals surface area contributed by atoms with Crippen LogP contribution < -0.4 is 10.6 Å². The van der Waals surface area contributed by atoms with E-state index < -0.39 is 0 Å². The Kier molecular flexibility index (Phi) is 4.12. The Morgan fingerprint density at radius 3 is 2.83 bits per heavy atom. The van der Waals surface area contributed by atoms with Gasteiger partial charge in [-0.1, -0.05) is 19.1 Å². The maximum atomic E-state index is 6.26. The number of rotatable bonds is 2. The third-order valence-corrected chi connectivity index (χ3v) is 3.98. The van der Waals surface area contributed by atoms with Gasteiger partial charge in [-0.15, -0.1) is 0 Å². The van der Waals surface area contributed by atoms with Crippen LogP contribution >= 0.6 is 0 Å². The summed E-state index contributed by atoms with van der Waals surface area (Å²) in [6.07, 6.45) is 2.37. The highest BCUT2D eigenvalue weighted by atomic mass is 15.2. The molecule has 3 heteroatoms. The van der Waals surface area contributed by atoms with Crippen LogP contribution in [0.15, 0.2) is 18.2 Å². The minimum Gasteiger partial charge on any atom is -0.397 e. The Morgan fingerprint density at radius 2 is 2.11 bits per heavy atom. The normalized spacial score (nSPS) is 21.9. The van der Waals surface area contributed by atoms with Crippen LogP contribution in [0.5, 0.6) is 0 Å². The van der Waals surface area contributed by atoms with E-state index >= 15 is 0 Å². The van der Waals surface area contributed by atoms with Gasteiger partial charge in [0.1, 0.15) is 0 Å². The molecule has 1 unspecified atom stereocenters. The second-order valence-electron chi connectivity index (χ2n) is 5.38. The Balaban J connectivity index is 2.31. The number of anilines is 2. The minimum atomic E-state index is 0.571. The fourth-order valence-corrected chi connectivity index (χ4v) is 2.83. The molecule has 0 bridgehead atoms. The van der Waals surface area contributed by atoms with Crippen LogP contribution in [0, 0.1) is 6.92 Å². The van der Waals surface area contributed by atoms with E-state index in [2.05, 4.69) is 48.9 Å². The minimum absolute atomic E-state index is 0.571. The van der Waals surface area contributed by atoms with E-state index in [0.717, 1.165) is 25.2 Å². The van der Waals surface area contributed by atoms with Gasteiger partial charge in [0.05, 0.1) is 11.4 Å². The van der Waals surface area contributed by atoms with Crippen molar-refractivity contribution in [2.24, 2.45) is 0 Å². The van der Waals surface area contributed by atoms with E-state index in [0.29, 0.717) is 6.04 Å². The first-order valence-corrected chi connectivity index (χ1v) is 6.93. The zero-order chi connectivity index (χ0) is 13.1. The molecule has 1 heterocycles. The van der Waals surface area contributed by atoms with Gasteiger partial charge in [-0.3, -0.25) is 0 Å². The smallest absolute Gasteiger partial charge is 0.0605 e. The maximum absolute atomic E-state index is 6.26. The summed E-state index contributed by atoms with van der Waals surface area (Å²) in [6, 6.07) is 6.93. The predicted molar refractivity (Wildman–Crippen MR) is 79.1 cm³/mol. The second kappa shape index (κ2) is 5.61. The van der Waals surface area contributed by atoms with Gasteiger partial charge in [-0.05, 0) is 45.0 Å². The highest BCUT2D eigenvalue weighted by Crippen LogP contribution is 2.29. The molecule has 100 valence electrons. The van der Waals surface area contributed by atoms with Crippen molar-refractivity contribution in [2.45, 2.75) is 32.7 Å². The highest BCUT2D eigenvalue weighted by Gasteiger charge is 2.23. The zero-order valence-corrected chi connectivity index (χ0v) is 11.8. The fourth-order valence-electron chi connectivity index (χ4n) is 2.83. The van der Waals surface area contributed by atoms with Gasteiger partial charge in [-0.25, -0.2) is 0 Å². The monoisotopic (exact) mass is 247 g/mol. The number of nitrogen functional groups attached to an aromatic ring is 1.